The monoisotopic (exact) mass is 350 g/mol. The summed E-state index contributed by atoms with van der Waals surface area (Å²) in [6, 6.07) is 5.37. The number of rotatable bonds is 5. The highest BCUT2D eigenvalue weighted by Gasteiger charge is 2.24. The van der Waals surface area contributed by atoms with E-state index in [1.807, 2.05) is 6.07 Å². The average molecular weight is 350 g/mol. The van der Waals surface area contributed by atoms with Crippen molar-refractivity contribution in [2.24, 2.45) is 5.92 Å². The lowest BCUT2D eigenvalue weighted by molar-refractivity contribution is -0.150. The van der Waals surface area contributed by atoms with E-state index in [1.165, 1.54) is 12.0 Å². The van der Waals surface area contributed by atoms with Crippen LogP contribution in [0.4, 0.5) is 0 Å². The van der Waals surface area contributed by atoms with Crippen molar-refractivity contribution in [2.45, 2.75) is 69.3 Å². The maximum Gasteiger partial charge on any atom is 0.307 e. The van der Waals surface area contributed by atoms with Gasteiger partial charge < -0.3 is 4.74 Å². The molecule has 3 rings (SSSR count). The van der Waals surface area contributed by atoms with Gasteiger partial charge in [0.05, 0.1) is 17.1 Å². The summed E-state index contributed by atoms with van der Waals surface area (Å²) in [4.78, 5) is 12.3. The van der Waals surface area contributed by atoms with Gasteiger partial charge in [-0.05, 0) is 67.7 Å². The first-order valence-corrected chi connectivity index (χ1v) is 10.6. The van der Waals surface area contributed by atoms with Crippen LogP contribution in [0.1, 0.15) is 56.6 Å². The van der Waals surface area contributed by atoms with Crippen LogP contribution in [-0.4, -0.2) is 26.2 Å². The molecule has 1 aromatic carbocycles. The first-order valence-electron chi connectivity index (χ1n) is 8.98. The van der Waals surface area contributed by atoms with E-state index in [0.29, 0.717) is 10.8 Å². The number of esters is 1. The number of carbonyl (C=O) groups excluding carboxylic acids is 1. The van der Waals surface area contributed by atoms with E-state index in [2.05, 4.69) is 6.92 Å². The lowest BCUT2D eigenvalue weighted by Gasteiger charge is -2.26. The van der Waals surface area contributed by atoms with Crippen molar-refractivity contribution >= 4 is 15.8 Å². The zero-order valence-electron chi connectivity index (χ0n) is 14.3. The van der Waals surface area contributed by atoms with Gasteiger partial charge in [0.2, 0.25) is 0 Å². The molecule has 2 unspecified atom stereocenters. The van der Waals surface area contributed by atoms with Gasteiger partial charge in [0.1, 0.15) is 6.10 Å². The lowest BCUT2D eigenvalue weighted by atomic mass is 9.89. The molecule has 1 fully saturated rings. The largest absolute Gasteiger partial charge is 0.462 e. The molecule has 0 bridgehead atoms. The second kappa shape index (κ2) is 7.26. The average Bonchev–Trinajstić information content (AvgIpc) is 3.01. The van der Waals surface area contributed by atoms with Crippen LogP contribution in [0.2, 0.25) is 0 Å². The summed E-state index contributed by atoms with van der Waals surface area (Å²) in [5.41, 5.74) is 2.38. The second-order valence-electron chi connectivity index (χ2n) is 7.24. The molecule has 132 valence electrons. The van der Waals surface area contributed by atoms with Crippen molar-refractivity contribution in [3.05, 3.63) is 29.3 Å². The van der Waals surface area contributed by atoms with Crippen LogP contribution >= 0.6 is 0 Å². The number of fused-ring (bicyclic) bond motifs is 1. The van der Waals surface area contributed by atoms with Crippen LogP contribution in [0.5, 0.6) is 0 Å². The molecule has 4 nitrogen and oxygen atoms in total. The third-order valence-corrected chi connectivity index (χ3v) is 6.90. The standard InChI is InChI=1S/C19H26O4S/c1-14-4-2-7-17(12-14)23-19(20)10-11-24(21,22)18-9-8-15-5-3-6-16(15)13-18/h8-9,13-14,17H,2-7,10-12H2,1H3. The Balaban J connectivity index is 1.56. The molecule has 0 amide bonds. The maximum atomic E-state index is 12.5. The summed E-state index contributed by atoms with van der Waals surface area (Å²) in [6.45, 7) is 2.16. The summed E-state index contributed by atoms with van der Waals surface area (Å²) < 4.78 is 30.4. The fourth-order valence-electron chi connectivity index (χ4n) is 3.81. The van der Waals surface area contributed by atoms with Crippen LogP contribution in [0.3, 0.4) is 0 Å². The minimum atomic E-state index is -3.43. The molecular formula is C19H26O4S. The van der Waals surface area contributed by atoms with Gasteiger partial charge in [0.25, 0.3) is 0 Å². The summed E-state index contributed by atoms with van der Waals surface area (Å²) in [6.07, 6.45) is 7.01. The molecular weight excluding hydrogens is 324 g/mol. The molecule has 0 heterocycles. The minimum Gasteiger partial charge on any atom is -0.462 e. The first-order chi connectivity index (χ1) is 11.4. The van der Waals surface area contributed by atoms with Crippen LogP contribution in [0.15, 0.2) is 23.1 Å². The highest BCUT2D eigenvalue weighted by Crippen LogP contribution is 2.27. The molecule has 5 heteroatoms. The van der Waals surface area contributed by atoms with Gasteiger partial charge in [-0.25, -0.2) is 8.42 Å². The van der Waals surface area contributed by atoms with Crippen molar-refractivity contribution in [3.8, 4) is 0 Å². The van der Waals surface area contributed by atoms with Crippen molar-refractivity contribution in [3.63, 3.8) is 0 Å². The molecule has 0 radical (unpaired) electrons. The van der Waals surface area contributed by atoms with Gasteiger partial charge in [-0.1, -0.05) is 19.4 Å². The van der Waals surface area contributed by atoms with Crippen LogP contribution < -0.4 is 0 Å². The molecule has 1 aromatic rings. The summed E-state index contributed by atoms with van der Waals surface area (Å²) >= 11 is 0. The fraction of sp³-hybridized carbons (Fsp3) is 0.632. The molecule has 1 saturated carbocycles. The second-order valence-corrected chi connectivity index (χ2v) is 9.35. The van der Waals surface area contributed by atoms with E-state index in [-0.39, 0.29) is 24.2 Å². The molecule has 24 heavy (non-hydrogen) atoms. The SMILES string of the molecule is CC1CCCC(OC(=O)CCS(=O)(=O)c2ccc3c(c2)CCC3)C1. The Hall–Kier alpha value is -1.36. The highest BCUT2D eigenvalue weighted by molar-refractivity contribution is 7.91. The quantitative estimate of drug-likeness (QED) is 0.763. The van der Waals surface area contributed by atoms with Gasteiger partial charge in [0, 0.05) is 0 Å². The Bertz CT molecular complexity index is 708. The molecule has 0 saturated heterocycles. The zero-order valence-corrected chi connectivity index (χ0v) is 15.1. The fourth-order valence-corrected chi connectivity index (χ4v) is 5.08. The van der Waals surface area contributed by atoms with E-state index >= 15 is 0 Å². The number of sulfone groups is 1. The van der Waals surface area contributed by atoms with Gasteiger partial charge >= 0.3 is 5.97 Å². The molecule has 0 aromatic heterocycles. The molecule has 0 spiro atoms. The van der Waals surface area contributed by atoms with Crippen molar-refractivity contribution in [1.29, 1.82) is 0 Å². The van der Waals surface area contributed by atoms with Crippen molar-refractivity contribution in [2.75, 3.05) is 5.75 Å². The van der Waals surface area contributed by atoms with Crippen molar-refractivity contribution < 1.29 is 17.9 Å². The number of benzene rings is 1. The Labute approximate surface area is 144 Å². The third-order valence-electron chi connectivity index (χ3n) is 5.19. The Morgan fingerprint density at radius 3 is 2.75 bits per heavy atom. The smallest absolute Gasteiger partial charge is 0.307 e. The van der Waals surface area contributed by atoms with Gasteiger partial charge in [-0.3, -0.25) is 4.79 Å². The highest BCUT2D eigenvalue weighted by atomic mass is 32.2. The van der Waals surface area contributed by atoms with Gasteiger partial charge in [0.15, 0.2) is 9.84 Å². The Morgan fingerprint density at radius 2 is 1.96 bits per heavy atom. The predicted molar refractivity (Wildman–Crippen MR) is 92.6 cm³/mol. The molecule has 0 aliphatic heterocycles. The summed E-state index contributed by atoms with van der Waals surface area (Å²) in [5.74, 6) is 0.0120. The molecule has 0 N–H and O–H groups in total. The normalized spacial score (nSPS) is 23.7. The van der Waals surface area contributed by atoms with E-state index in [4.69, 9.17) is 4.74 Å². The minimum absolute atomic E-state index is 0.0380. The van der Waals surface area contributed by atoms with Gasteiger partial charge in [-0.15, -0.1) is 0 Å². The van der Waals surface area contributed by atoms with Crippen LogP contribution in [0.25, 0.3) is 0 Å². The van der Waals surface area contributed by atoms with Crippen LogP contribution in [0, 0.1) is 5.92 Å². The van der Waals surface area contributed by atoms with E-state index in [1.54, 1.807) is 12.1 Å². The summed E-state index contributed by atoms with van der Waals surface area (Å²) in [5, 5.41) is 0. The molecule has 2 aliphatic rings. The maximum absolute atomic E-state index is 12.5. The van der Waals surface area contributed by atoms with Gasteiger partial charge in [-0.2, -0.15) is 0 Å². The molecule has 2 aliphatic carbocycles. The zero-order chi connectivity index (χ0) is 17.2. The number of hydrogen-bond donors (Lipinski definition) is 0. The number of ether oxygens (including phenoxy) is 1. The Morgan fingerprint density at radius 1 is 1.17 bits per heavy atom. The predicted octanol–water partition coefficient (Wildman–Crippen LogP) is 3.46. The Kier molecular flexibility index (Phi) is 5.28. The summed E-state index contributed by atoms with van der Waals surface area (Å²) in [7, 11) is -3.43. The van der Waals surface area contributed by atoms with Crippen molar-refractivity contribution in [1.82, 2.24) is 0 Å². The first kappa shape index (κ1) is 17.5. The van der Waals surface area contributed by atoms with E-state index < -0.39 is 9.84 Å². The number of aryl methyl sites for hydroxylation is 2. The van der Waals surface area contributed by atoms with Crippen LogP contribution in [-0.2, 0) is 32.2 Å². The third kappa shape index (κ3) is 4.18. The number of carbonyl (C=O) groups is 1. The number of hydrogen-bond acceptors (Lipinski definition) is 4. The van der Waals surface area contributed by atoms with E-state index in [0.717, 1.165) is 44.1 Å². The topological polar surface area (TPSA) is 60.4 Å². The van der Waals surface area contributed by atoms with E-state index in [9.17, 15) is 13.2 Å². The molecule has 2 atom stereocenters. The lowest BCUT2D eigenvalue weighted by Crippen LogP contribution is -2.25.